The van der Waals surface area contributed by atoms with Gasteiger partial charge in [0.25, 0.3) is 5.91 Å². The quantitative estimate of drug-likeness (QED) is 0.666. The lowest BCUT2D eigenvalue weighted by atomic mass is 10.1. The van der Waals surface area contributed by atoms with Crippen LogP contribution in [0.4, 0.5) is 26.1 Å². The van der Waals surface area contributed by atoms with E-state index in [1.54, 1.807) is 24.3 Å². The first kappa shape index (κ1) is 18.1. The number of Topliss-reactive ketones (excluding diaryl/α,β-unsaturated/α-hetero) is 1. The first-order valence-electron chi connectivity index (χ1n) is 7.89. The number of para-hydroxylation sites is 1. The van der Waals surface area contributed by atoms with Crippen LogP contribution in [-0.4, -0.2) is 21.7 Å². The molecule has 2 N–H and O–H groups in total. The van der Waals surface area contributed by atoms with E-state index in [9.17, 15) is 18.4 Å². The van der Waals surface area contributed by atoms with Gasteiger partial charge in [-0.05, 0) is 31.2 Å². The van der Waals surface area contributed by atoms with E-state index in [-0.39, 0.29) is 23.0 Å². The van der Waals surface area contributed by atoms with Crippen molar-refractivity contribution in [1.29, 1.82) is 0 Å². The van der Waals surface area contributed by atoms with Gasteiger partial charge in [0.15, 0.2) is 5.78 Å². The van der Waals surface area contributed by atoms with Gasteiger partial charge in [0, 0.05) is 23.6 Å². The van der Waals surface area contributed by atoms with Crippen LogP contribution in [0.2, 0.25) is 0 Å². The van der Waals surface area contributed by atoms with Crippen LogP contribution in [0, 0.1) is 11.6 Å². The van der Waals surface area contributed by atoms with Gasteiger partial charge in [-0.25, -0.2) is 18.7 Å². The number of anilines is 3. The van der Waals surface area contributed by atoms with Gasteiger partial charge >= 0.3 is 0 Å². The summed E-state index contributed by atoms with van der Waals surface area (Å²) >= 11 is 0. The van der Waals surface area contributed by atoms with Crippen molar-refractivity contribution in [1.82, 2.24) is 9.97 Å². The standard InChI is InChI=1S/C19H14F2N4O2/c1-11(26)12-4-2-5-14(8-12)24-18(27)13-9-22-19(23-10-13)25-17-15(20)6-3-7-16(17)21/h2-10H,1H3,(H,24,27)(H,22,23,25). The molecule has 0 saturated carbocycles. The summed E-state index contributed by atoms with van der Waals surface area (Å²) < 4.78 is 27.3. The average Bonchev–Trinajstić information content (AvgIpc) is 2.65. The van der Waals surface area contributed by atoms with Crippen molar-refractivity contribution in [3.05, 3.63) is 77.6 Å². The van der Waals surface area contributed by atoms with Gasteiger partial charge in [-0.2, -0.15) is 0 Å². The second kappa shape index (κ2) is 7.69. The molecule has 6 nitrogen and oxygen atoms in total. The van der Waals surface area contributed by atoms with Crippen LogP contribution < -0.4 is 10.6 Å². The van der Waals surface area contributed by atoms with Crippen LogP contribution >= 0.6 is 0 Å². The zero-order chi connectivity index (χ0) is 19.4. The second-order valence-corrected chi connectivity index (χ2v) is 5.61. The van der Waals surface area contributed by atoms with Crippen LogP contribution in [-0.2, 0) is 0 Å². The van der Waals surface area contributed by atoms with E-state index in [1.807, 2.05) is 0 Å². The van der Waals surface area contributed by atoms with Gasteiger partial charge in [0.05, 0.1) is 5.56 Å². The Kier molecular flexibility index (Phi) is 5.16. The molecule has 0 bridgehead atoms. The van der Waals surface area contributed by atoms with Gasteiger partial charge in [0.1, 0.15) is 17.3 Å². The smallest absolute Gasteiger partial charge is 0.258 e. The van der Waals surface area contributed by atoms with Crippen molar-refractivity contribution < 1.29 is 18.4 Å². The van der Waals surface area contributed by atoms with Crippen molar-refractivity contribution in [2.24, 2.45) is 0 Å². The fourth-order valence-electron chi connectivity index (χ4n) is 2.26. The maximum absolute atomic E-state index is 13.6. The summed E-state index contributed by atoms with van der Waals surface area (Å²) in [6, 6.07) is 9.93. The molecule has 1 amide bonds. The Morgan fingerprint density at radius 2 is 1.56 bits per heavy atom. The first-order chi connectivity index (χ1) is 12.9. The van der Waals surface area contributed by atoms with Crippen LogP contribution in [0.1, 0.15) is 27.6 Å². The molecule has 0 radical (unpaired) electrons. The molecule has 0 aliphatic heterocycles. The predicted octanol–water partition coefficient (Wildman–Crippen LogP) is 3.95. The normalized spacial score (nSPS) is 10.3. The van der Waals surface area contributed by atoms with Crippen LogP contribution in [0.3, 0.4) is 0 Å². The lowest BCUT2D eigenvalue weighted by Crippen LogP contribution is -2.13. The highest BCUT2D eigenvalue weighted by molar-refractivity contribution is 6.04. The van der Waals surface area contributed by atoms with Gasteiger partial charge < -0.3 is 10.6 Å². The SMILES string of the molecule is CC(=O)c1cccc(NC(=O)c2cnc(Nc3c(F)cccc3F)nc2)c1. The number of carbonyl (C=O) groups is 2. The summed E-state index contributed by atoms with van der Waals surface area (Å²) in [6.45, 7) is 1.43. The monoisotopic (exact) mass is 368 g/mol. The summed E-state index contributed by atoms with van der Waals surface area (Å²) in [5.41, 5.74) is 0.678. The molecule has 3 rings (SSSR count). The Hall–Kier alpha value is -3.68. The van der Waals surface area contributed by atoms with E-state index < -0.39 is 17.5 Å². The number of ketones is 1. The summed E-state index contributed by atoms with van der Waals surface area (Å²) in [5, 5.41) is 5.06. The van der Waals surface area contributed by atoms with Gasteiger partial charge in [-0.3, -0.25) is 9.59 Å². The number of rotatable bonds is 5. The van der Waals surface area contributed by atoms with Gasteiger partial charge in [-0.15, -0.1) is 0 Å². The van der Waals surface area contributed by atoms with E-state index in [0.29, 0.717) is 11.3 Å². The van der Waals surface area contributed by atoms with Crippen molar-refractivity contribution in [2.45, 2.75) is 6.92 Å². The van der Waals surface area contributed by atoms with Gasteiger partial charge in [0.2, 0.25) is 5.95 Å². The number of nitrogens with zero attached hydrogens (tertiary/aromatic N) is 2. The molecular weight excluding hydrogens is 354 g/mol. The minimum absolute atomic E-state index is 0.0610. The first-order valence-corrected chi connectivity index (χ1v) is 7.89. The van der Waals surface area contributed by atoms with E-state index >= 15 is 0 Å². The Labute approximate surface area is 153 Å². The molecule has 2 aromatic carbocycles. The number of amides is 1. The van der Waals surface area contributed by atoms with Crippen LogP contribution in [0.25, 0.3) is 0 Å². The average molecular weight is 368 g/mol. The molecule has 0 fully saturated rings. The van der Waals surface area contributed by atoms with Crippen molar-refractivity contribution in [2.75, 3.05) is 10.6 Å². The molecule has 3 aromatic rings. The van der Waals surface area contributed by atoms with Crippen molar-refractivity contribution in [3.8, 4) is 0 Å². The third-order valence-electron chi connectivity index (χ3n) is 3.64. The third-order valence-corrected chi connectivity index (χ3v) is 3.64. The Balaban J connectivity index is 1.72. The van der Waals surface area contributed by atoms with Crippen molar-refractivity contribution >= 4 is 29.0 Å². The van der Waals surface area contributed by atoms with Crippen LogP contribution in [0.5, 0.6) is 0 Å². The van der Waals surface area contributed by atoms with Gasteiger partial charge in [-0.1, -0.05) is 18.2 Å². The fraction of sp³-hybridized carbons (Fsp3) is 0.0526. The minimum Gasteiger partial charge on any atom is -0.322 e. The summed E-state index contributed by atoms with van der Waals surface area (Å²) in [7, 11) is 0. The molecule has 0 unspecified atom stereocenters. The highest BCUT2D eigenvalue weighted by Crippen LogP contribution is 2.21. The number of benzene rings is 2. The number of halogens is 2. The molecule has 0 aliphatic rings. The van der Waals surface area contributed by atoms with E-state index in [2.05, 4.69) is 20.6 Å². The molecule has 1 aromatic heterocycles. The topological polar surface area (TPSA) is 84.0 Å². The summed E-state index contributed by atoms with van der Waals surface area (Å²) in [4.78, 5) is 31.4. The lowest BCUT2D eigenvalue weighted by Gasteiger charge is -2.08. The zero-order valence-electron chi connectivity index (χ0n) is 14.2. The number of hydrogen-bond donors (Lipinski definition) is 2. The van der Waals surface area contributed by atoms with E-state index in [1.165, 1.54) is 25.4 Å². The van der Waals surface area contributed by atoms with E-state index in [4.69, 9.17) is 0 Å². The highest BCUT2D eigenvalue weighted by Gasteiger charge is 2.12. The minimum atomic E-state index is -0.786. The Bertz CT molecular complexity index is 987. The Morgan fingerprint density at radius 3 is 2.19 bits per heavy atom. The number of hydrogen-bond acceptors (Lipinski definition) is 5. The Morgan fingerprint density at radius 1 is 0.926 bits per heavy atom. The highest BCUT2D eigenvalue weighted by atomic mass is 19.1. The molecular formula is C19H14F2N4O2. The fourth-order valence-corrected chi connectivity index (χ4v) is 2.26. The van der Waals surface area contributed by atoms with Crippen LogP contribution in [0.15, 0.2) is 54.9 Å². The number of aromatic nitrogens is 2. The zero-order valence-corrected chi connectivity index (χ0v) is 14.2. The summed E-state index contributed by atoms with van der Waals surface area (Å²) in [6.07, 6.45) is 2.44. The second-order valence-electron chi connectivity index (χ2n) is 5.61. The van der Waals surface area contributed by atoms with Crippen molar-refractivity contribution in [3.63, 3.8) is 0 Å². The molecule has 27 heavy (non-hydrogen) atoms. The molecule has 8 heteroatoms. The maximum atomic E-state index is 13.6. The maximum Gasteiger partial charge on any atom is 0.258 e. The largest absolute Gasteiger partial charge is 0.322 e. The third kappa shape index (κ3) is 4.30. The molecule has 0 spiro atoms. The molecule has 1 heterocycles. The summed E-state index contributed by atoms with van der Waals surface area (Å²) in [5.74, 6) is -2.24. The van der Waals surface area contributed by atoms with E-state index in [0.717, 1.165) is 12.1 Å². The molecule has 0 saturated heterocycles. The number of nitrogens with one attached hydrogen (secondary N) is 2. The molecule has 0 atom stereocenters. The number of carbonyl (C=O) groups excluding carboxylic acids is 2. The lowest BCUT2D eigenvalue weighted by molar-refractivity contribution is 0.101. The predicted molar refractivity (Wildman–Crippen MR) is 96.1 cm³/mol. The molecule has 136 valence electrons. The molecule has 0 aliphatic carbocycles.